The standard InChI is InChI=1S/C60H47N6O.Pt/c1-38-28-49(40-16-9-7-10-17-40)57-51(30-38)52-31-39(2)29-50(41-18-11-8-12-19-41)58(52)65(57)43-25-27-61-56(35-43)66-53-21-14-13-20-47(53)48-24-23-45(36-55(48)66)67-46-33-42(60(3,4)5)32-44(34-46)64-37-63(6)54-22-15-26-62-59(54)64;/h7-33,35,37H,1-6H3;/q-3;. The van der Waals surface area contributed by atoms with Crippen LogP contribution in [0.4, 0.5) is 17.2 Å². The van der Waals surface area contributed by atoms with Gasteiger partial charge in [0.25, 0.3) is 0 Å². The Hall–Kier alpha value is -7.47. The Balaban J connectivity index is 0.00000507. The summed E-state index contributed by atoms with van der Waals surface area (Å²) < 4.78 is 11.5. The summed E-state index contributed by atoms with van der Waals surface area (Å²) in [5.41, 5.74) is 15.2. The third-order valence-electron chi connectivity index (χ3n) is 13.0. The predicted octanol–water partition coefficient (Wildman–Crippen LogP) is 15.0. The number of aryl methyl sites for hydroxylation is 2. The molecule has 0 amide bonds. The monoisotopic (exact) mass is 1060 g/mol. The van der Waals surface area contributed by atoms with E-state index < -0.39 is 0 Å². The third-order valence-corrected chi connectivity index (χ3v) is 13.0. The van der Waals surface area contributed by atoms with Gasteiger partial charge in [-0.3, -0.25) is 0 Å². The number of rotatable bonds is 7. The first-order valence-electron chi connectivity index (χ1n) is 22.8. The largest absolute Gasteiger partial charge is 0.509 e. The number of benzene rings is 7. The molecule has 12 rings (SSSR count). The molecule has 0 saturated heterocycles. The second-order valence-corrected chi connectivity index (χ2v) is 18.7. The van der Waals surface area contributed by atoms with E-state index in [0.717, 1.165) is 67.1 Å². The SMILES string of the molecule is Cc1cc(-c2ccccc2)c2c(c1)c1cc(C)cc(-c3ccccc3)c1n2-c1ccnc(-n2c3[c-]c(Oc4[c-]c(N5[CH-]N(C)c6cccnc65)cc(C(C)(C)C)c4)ccc3c3ccccc32)c1.[Pt]. The summed E-state index contributed by atoms with van der Waals surface area (Å²) in [7, 11) is 2.04. The molecule has 0 N–H and O–H groups in total. The molecule has 0 aliphatic carbocycles. The molecule has 1 aliphatic rings. The first kappa shape index (κ1) is 43.1. The third kappa shape index (κ3) is 7.24. The van der Waals surface area contributed by atoms with Gasteiger partial charge in [0.15, 0.2) is 0 Å². The zero-order chi connectivity index (χ0) is 45.6. The molecule has 336 valence electrons. The maximum absolute atomic E-state index is 6.81. The number of fused-ring (bicyclic) bond motifs is 7. The van der Waals surface area contributed by atoms with E-state index in [1.807, 2.05) is 38.2 Å². The van der Waals surface area contributed by atoms with Crippen LogP contribution in [0.25, 0.3) is 77.4 Å². The van der Waals surface area contributed by atoms with Crippen LogP contribution in [0.5, 0.6) is 11.5 Å². The molecule has 5 heterocycles. The summed E-state index contributed by atoms with van der Waals surface area (Å²) in [4.78, 5) is 14.0. The van der Waals surface area contributed by atoms with Crippen LogP contribution in [0.1, 0.15) is 37.5 Å². The van der Waals surface area contributed by atoms with E-state index in [4.69, 9.17) is 14.7 Å². The van der Waals surface area contributed by atoms with Crippen molar-refractivity contribution in [2.24, 2.45) is 0 Å². The van der Waals surface area contributed by atoms with Crippen LogP contribution in [0, 0.1) is 32.6 Å². The van der Waals surface area contributed by atoms with Crippen molar-refractivity contribution in [2.45, 2.75) is 40.0 Å². The topological polar surface area (TPSA) is 51.4 Å². The number of hydrogen-bond acceptors (Lipinski definition) is 5. The molecule has 7 aromatic carbocycles. The number of pyridine rings is 2. The maximum atomic E-state index is 6.81. The molecule has 0 radical (unpaired) electrons. The van der Waals surface area contributed by atoms with Crippen LogP contribution >= 0.6 is 0 Å². The van der Waals surface area contributed by atoms with Crippen molar-refractivity contribution < 1.29 is 25.8 Å². The van der Waals surface area contributed by atoms with Gasteiger partial charge in [-0.25, -0.2) is 9.97 Å². The second-order valence-electron chi connectivity index (χ2n) is 18.7. The second kappa shape index (κ2) is 16.7. The average Bonchev–Trinajstić information content (AvgIpc) is 3.98. The quantitative estimate of drug-likeness (QED) is 0.149. The first-order chi connectivity index (χ1) is 32.6. The van der Waals surface area contributed by atoms with E-state index in [1.54, 1.807) is 0 Å². The van der Waals surface area contributed by atoms with Crippen molar-refractivity contribution >= 4 is 60.8 Å². The Morgan fingerprint density at radius 1 is 0.574 bits per heavy atom. The molecular formula is C60H47N6OPt-3. The summed E-state index contributed by atoms with van der Waals surface area (Å²) in [6, 6.07) is 63.4. The van der Waals surface area contributed by atoms with E-state index in [9.17, 15) is 0 Å². The summed E-state index contributed by atoms with van der Waals surface area (Å²) in [6.07, 6.45) is 3.76. The smallest absolute Gasteiger partial charge is 0.137 e. The number of aromatic nitrogens is 4. The molecule has 0 atom stereocenters. The van der Waals surface area contributed by atoms with Gasteiger partial charge in [-0.05, 0) is 102 Å². The number of anilines is 3. The molecule has 0 unspecified atom stereocenters. The Morgan fingerprint density at radius 3 is 1.91 bits per heavy atom. The van der Waals surface area contributed by atoms with Crippen molar-refractivity contribution in [3.05, 3.63) is 206 Å². The Morgan fingerprint density at radius 2 is 1.24 bits per heavy atom. The average molecular weight is 1060 g/mol. The van der Waals surface area contributed by atoms with Gasteiger partial charge < -0.3 is 23.7 Å². The van der Waals surface area contributed by atoms with Crippen LogP contribution in [0.3, 0.4) is 0 Å². The minimum absolute atomic E-state index is 0. The van der Waals surface area contributed by atoms with Crippen molar-refractivity contribution in [3.63, 3.8) is 0 Å². The van der Waals surface area contributed by atoms with Crippen molar-refractivity contribution in [1.82, 2.24) is 19.1 Å². The molecule has 7 nitrogen and oxygen atoms in total. The molecule has 0 bridgehead atoms. The van der Waals surface area contributed by atoms with Crippen LogP contribution in [0.15, 0.2) is 170 Å². The molecule has 68 heavy (non-hydrogen) atoms. The first-order valence-corrected chi connectivity index (χ1v) is 22.8. The van der Waals surface area contributed by atoms with E-state index in [1.165, 1.54) is 44.2 Å². The fourth-order valence-electron chi connectivity index (χ4n) is 9.92. The summed E-state index contributed by atoms with van der Waals surface area (Å²) in [6.45, 7) is 13.1. The van der Waals surface area contributed by atoms with E-state index >= 15 is 0 Å². The Labute approximate surface area is 411 Å². The summed E-state index contributed by atoms with van der Waals surface area (Å²) >= 11 is 0. The normalized spacial score (nSPS) is 12.6. The van der Waals surface area contributed by atoms with E-state index in [0.29, 0.717) is 11.5 Å². The molecule has 1 aliphatic heterocycles. The molecular weight excluding hydrogens is 1020 g/mol. The van der Waals surface area contributed by atoms with Gasteiger partial charge in [0.1, 0.15) is 11.6 Å². The van der Waals surface area contributed by atoms with Gasteiger partial charge in [-0.2, -0.15) is 12.7 Å². The predicted molar refractivity (Wildman–Crippen MR) is 275 cm³/mol. The van der Waals surface area contributed by atoms with Crippen molar-refractivity contribution in [2.75, 3.05) is 16.8 Å². The fraction of sp³-hybridized carbons (Fsp3) is 0.117. The number of ether oxygens (including phenoxy) is 1. The van der Waals surface area contributed by atoms with Gasteiger partial charge in [-0.1, -0.05) is 111 Å². The molecule has 0 spiro atoms. The Bertz CT molecular complexity index is 3630. The number of para-hydroxylation sites is 1. The van der Waals surface area contributed by atoms with Gasteiger partial charge in [0.2, 0.25) is 0 Å². The molecule has 0 saturated carbocycles. The van der Waals surface area contributed by atoms with Crippen molar-refractivity contribution in [1.29, 1.82) is 0 Å². The van der Waals surface area contributed by atoms with Crippen LogP contribution in [0.2, 0.25) is 0 Å². The van der Waals surface area contributed by atoms with Crippen molar-refractivity contribution in [3.8, 4) is 45.3 Å². The minimum atomic E-state index is -0.158. The molecule has 8 heteroatoms. The molecule has 4 aromatic heterocycles. The number of nitrogens with zero attached hydrogens (tertiary/aromatic N) is 6. The van der Waals surface area contributed by atoms with Crippen LogP contribution in [-0.2, 0) is 26.5 Å². The van der Waals surface area contributed by atoms with E-state index in [2.05, 4.69) is 211 Å². The molecule has 11 aromatic rings. The minimum Gasteiger partial charge on any atom is -0.509 e. The van der Waals surface area contributed by atoms with Gasteiger partial charge in [0, 0.05) is 84.1 Å². The maximum Gasteiger partial charge on any atom is 0.137 e. The summed E-state index contributed by atoms with van der Waals surface area (Å²) in [5, 5.41) is 4.59. The fourth-order valence-corrected chi connectivity index (χ4v) is 9.92. The zero-order valence-corrected chi connectivity index (χ0v) is 40.9. The summed E-state index contributed by atoms with van der Waals surface area (Å²) in [5.74, 6) is 2.80. The van der Waals surface area contributed by atoms with Crippen LogP contribution in [-0.4, -0.2) is 26.1 Å². The van der Waals surface area contributed by atoms with Crippen LogP contribution < -0.4 is 14.5 Å². The van der Waals surface area contributed by atoms with Gasteiger partial charge >= 0.3 is 0 Å². The van der Waals surface area contributed by atoms with E-state index in [-0.39, 0.29) is 26.5 Å². The molecule has 0 fully saturated rings. The zero-order valence-electron chi connectivity index (χ0n) is 38.7. The Kier molecular flexibility index (Phi) is 10.6. The number of hydrogen-bond donors (Lipinski definition) is 0. The van der Waals surface area contributed by atoms with Gasteiger partial charge in [-0.15, -0.1) is 41.3 Å². The van der Waals surface area contributed by atoms with Gasteiger partial charge in [0.05, 0.1) is 16.7 Å².